The third-order valence-electron chi connectivity index (χ3n) is 6.25. The van der Waals surface area contributed by atoms with Crippen molar-refractivity contribution in [2.24, 2.45) is 5.92 Å². The highest BCUT2D eigenvalue weighted by molar-refractivity contribution is 5.70. The molecule has 0 amide bonds. The lowest BCUT2D eigenvalue weighted by atomic mass is 9.83. The molecule has 3 rings (SSSR count). The maximum Gasteiger partial charge on any atom is 0.306 e. The van der Waals surface area contributed by atoms with Crippen LogP contribution in [0.2, 0.25) is 0 Å². The number of nitrogens with one attached hydrogen (secondary N) is 1. The van der Waals surface area contributed by atoms with Crippen LogP contribution in [-0.4, -0.2) is 34.2 Å². The predicted octanol–water partition coefficient (Wildman–Crippen LogP) is 4.40. The van der Waals surface area contributed by atoms with E-state index < -0.39 is 5.97 Å². The third-order valence-corrected chi connectivity index (χ3v) is 6.25. The van der Waals surface area contributed by atoms with Gasteiger partial charge < -0.3 is 5.11 Å². The second kappa shape index (κ2) is 9.01. The van der Waals surface area contributed by atoms with E-state index in [9.17, 15) is 9.90 Å². The number of likely N-dealkylation sites (tertiary alicyclic amines) is 1. The van der Waals surface area contributed by atoms with E-state index in [1.807, 2.05) is 0 Å². The molecule has 1 heterocycles. The molecule has 1 aromatic carbocycles. The molecule has 0 spiro atoms. The molecular weight excluding hydrogens is 324 g/mol. The standard InChI is InChI=1S/C22H34N2O2/c1-2-9-19(21(25)26)16-22(13-6-7-14-22)23-20-12-8-15-24(20)17-18-10-4-3-5-11-18/h3-5,10-11,19-20,23H,2,6-9,12-17H2,1H3,(H,25,26). The van der Waals surface area contributed by atoms with Gasteiger partial charge in [0.15, 0.2) is 0 Å². The van der Waals surface area contributed by atoms with Gasteiger partial charge in [-0.05, 0) is 44.1 Å². The molecule has 1 aliphatic carbocycles. The van der Waals surface area contributed by atoms with Gasteiger partial charge in [-0.2, -0.15) is 0 Å². The Hall–Kier alpha value is -1.39. The number of carboxylic acid groups (broad SMARTS) is 1. The molecule has 0 bridgehead atoms. The van der Waals surface area contributed by atoms with Crippen LogP contribution in [0.4, 0.5) is 0 Å². The Labute approximate surface area is 158 Å². The summed E-state index contributed by atoms with van der Waals surface area (Å²) >= 11 is 0. The Kier molecular flexibility index (Phi) is 6.71. The first-order valence-electron chi connectivity index (χ1n) is 10.4. The first kappa shape index (κ1) is 19.4. The number of carboxylic acids is 1. The molecule has 2 fully saturated rings. The van der Waals surface area contributed by atoms with Crippen LogP contribution in [-0.2, 0) is 11.3 Å². The number of hydrogen-bond acceptors (Lipinski definition) is 3. The van der Waals surface area contributed by atoms with Crippen molar-refractivity contribution in [1.82, 2.24) is 10.2 Å². The molecule has 0 radical (unpaired) electrons. The van der Waals surface area contributed by atoms with Gasteiger partial charge in [0.1, 0.15) is 0 Å². The Bertz CT molecular complexity index is 569. The van der Waals surface area contributed by atoms with Crippen LogP contribution in [0, 0.1) is 5.92 Å². The molecule has 0 aromatic heterocycles. The summed E-state index contributed by atoms with van der Waals surface area (Å²) in [7, 11) is 0. The summed E-state index contributed by atoms with van der Waals surface area (Å²) in [6, 6.07) is 10.7. The molecule has 26 heavy (non-hydrogen) atoms. The van der Waals surface area contributed by atoms with Gasteiger partial charge in [-0.1, -0.05) is 56.5 Å². The number of hydrogen-bond donors (Lipinski definition) is 2. The average molecular weight is 359 g/mol. The number of carbonyl (C=O) groups is 1. The van der Waals surface area contributed by atoms with Crippen LogP contribution in [0.1, 0.15) is 70.3 Å². The second-order valence-electron chi connectivity index (χ2n) is 8.27. The predicted molar refractivity (Wildman–Crippen MR) is 105 cm³/mol. The molecule has 144 valence electrons. The summed E-state index contributed by atoms with van der Waals surface area (Å²) in [4.78, 5) is 14.3. The minimum atomic E-state index is -0.618. The zero-order valence-electron chi connectivity index (χ0n) is 16.1. The van der Waals surface area contributed by atoms with Crippen molar-refractivity contribution in [2.75, 3.05) is 6.54 Å². The second-order valence-corrected chi connectivity index (χ2v) is 8.27. The van der Waals surface area contributed by atoms with Crippen LogP contribution in [0.15, 0.2) is 30.3 Å². The van der Waals surface area contributed by atoms with Gasteiger partial charge >= 0.3 is 5.97 Å². The minimum Gasteiger partial charge on any atom is -0.481 e. The topological polar surface area (TPSA) is 52.6 Å². The van der Waals surface area contributed by atoms with E-state index in [1.165, 1.54) is 31.2 Å². The maximum absolute atomic E-state index is 11.7. The SMILES string of the molecule is CCCC(CC1(NC2CCCN2Cc2ccccc2)CCCC1)C(=O)O. The monoisotopic (exact) mass is 358 g/mol. The van der Waals surface area contributed by atoms with Crippen LogP contribution in [0.25, 0.3) is 0 Å². The fraction of sp³-hybridized carbons (Fsp3) is 0.682. The Balaban J connectivity index is 1.67. The number of aliphatic carboxylic acids is 1. The van der Waals surface area contributed by atoms with Crippen molar-refractivity contribution >= 4 is 5.97 Å². The van der Waals surface area contributed by atoms with Crippen molar-refractivity contribution < 1.29 is 9.90 Å². The lowest BCUT2D eigenvalue weighted by Crippen LogP contribution is -2.54. The van der Waals surface area contributed by atoms with Gasteiger partial charge in [-0.25, -0.2) is 0 Å². The molecule has 2 aliphatic rings. The van der Waals surface area contributed by atoms with E-state index in [0.717, 1.165) is 45.2 Å². The zero-order chi connectivity index (χ0) is 18.4. The van der Waals surface area contributed by atoms with Crippen molar-refractivity contribution in [3.63, 3.8) is 0 Å². The molecule has 4 heteroatoms. The highest BCUT2D eigenvalue weighted by atomic mass is 16.4. The lowest BCUT2D eigenvalue weighted by molar-refractivity contribution is -0.143. The first-order valence-corrected chi connectivity index (χ1v) is 10.4. The molecule has 2 atom stereocenters. The van der Waals surface area contributed by atoms with E-state index in [0.29, 0.717) is 6.17 Å². The summed E-state index contributed by atoms with van der Waals surface area (Å²) in [5.41, 5.74) is 1.37. The van der Waals surface area contributed by atoms with Crippen LogP contribution in [0.5, 0.6) is 0 Å². The number of benzene rings is 1. The lowest BCUT2D eigenvalue weighted by Gasteiger charge is -2.39. The molecule has 1 saturated heterocycles. The van der Waals surface area contributed by atoms with E-state index in [-0.39, 0.29) is 11.5 Å². The summed E-state index contributed by atoms with van der Waals surface area (Å²) in [6.07, 6.45) is 9.96. The molecule has 1 saturated carbocycles. The average Bonchev–Trinajstić information content (AvgIpc) is 3.26. The van der Waals surface area contributed by atoms with Crippen molar-refractivity contribution in [3.05, 3.63) is 35.9 Å². The molecule has 2 unspecified atom stereocenters. The highest BCUT2D eigenvalue weighted by Crippen LogP contribution is 2.38. The summed E-state index contributed by atoms with van der Waals surface area (Å²) in [5, 5.41) is 13.6. The quantitative estimate of drug-likeness (QED) is 0.687. The fourth-order valence-corrected chi connectivity index (χ4v) is 4.94. The summed E-state index contributed by atoms with van der Waals surface area (Å²) in [6.45, 7) is 4.19. The Morgan fingerprint density at radius 1 is 1.27 bits per heavy atom. The molecule has 1 aliphatic heterocycles. The third kappa shape index (κ3) is 4.86. The van der Waals surface area contributed by atoms with Crippen LogP contribution < -0.4 is 5.32 Å². The highest BCUT2D eigenvalue weighted by Gasteiger charge is 2.41. The van der Waals surface area contributed by atoms with Crippen molar-refractivity contribution in [1.29, 1.82) is 0 Å². The first-order chi connectivity index (χ1) is 12.6. The number of rotatable bonds is 9. The van der Waals surface area contributed by atoms with Crippen LogP contribution >= 0.6 is 0 Å². The fourth-order valence-electron chi connectivity index (χ4n) is 4.94. The normalized spacial score (nSPS) is 24.0. The van der Waals surface area contributed by atoms with E-state index in [2.05, 4.69) is 47.5 Å². The van der Waals surface area contributed by atoms with E-state index >= 15 is 0 Å². The van der Waals surface area contributed by atoms with Gasteiger partial charge in [0.05, 0.1) is 12.1 Å². The van der Waals surface area contributed by atoms with Gasteiger partial charge in [-0.3, -0.25) is 15.0 Å². The Morgan fingerprint density at radius 3 is 2.65 bits per heavy atom. The largest absolute Gasteiger partial charge is 0.481 e. The van der Waals surface area contributed by atoms with Crippen molar-refractivity contribution in [2.45, 2.75) is 83.0 Å². The molecular formula is C22H34N2O2. The Morgan fingerprint density at radius 2 is 2.00 bits per heavy atom. The van der Waals surface area contributed by atoms with E-state index in [4.69, 9.17) is 0 Å². The molecule has 2 N–H and O–H groups in total. The van der Waals surface area contributed by atoms with Gasteiger partial charge in [0.2, 0.25) is 0 Å². The van der Waals surface area contributed by atoms with Gasteiger partial charge in [0.25, 0.3) is 0 Å². The number of nitrogens with zero attached hydrogens (tertiary/aromatic N) is 1. The molecule has 4 nitrogen and oxygen atoms in total. The zero-order valence-corrected chi connectivity index (χ0v) is 16.1. The van der Waals surface area contributed by atoms with Crippen molar-refractivity contribution in [3.8, 4) is 0 Å². The van der Waals surface area contributed by atoms with Crippen LogP contribution in [0.3, 0.4) is 0 Å². The maximum atomic E-state index is 11.7. The summed E-state index contributed by atoms with van der Waals surface area (Å²) in [5.74, 6) is -0.831. The minimum absolute atomic E-state index is 0.0160. The summed E-state index contributed by atoms with van der Waals surface area (Å²) < 4.78 is 0. The van der Waals surface area contributed by atoms with E-state index in [1.54, 1.807) is 0 Å². The van der Waals surface area contributed by atoms with Gasteiger partial charge in [-0.15, -0.1) is 0 Å². The molecule has 1 aromatic rings. The smallest absolute Gasteiger partial charge is 0.306 e. The van der Waals surface area contributed by atoms with Gasteiger partial charge in [0, 0.05) is 18.6 Å².